The van der Waals surface area contributed by atoms with Crippen LogP contribution in [0.25, 0.3) is 11.5 Å². The number of nitrogens with zero attached hydrogens (tertiary/aromatic N) is 5. The number of hydrogen-bond donors (Lipinski definition) is 2. The third kappa shape index (κ3) is 4.85. The average molecular weight is 387 g/mol. The molecule has 9 nitrogen and oxygen atoms in total. The minimum atomic E-state index is -0.259. The van der Waals surface area contributed by atoms with Gasteiger partial charge in [-0.1, -0.05) is 16.9 Å². The number of aryl methyl sites for hydroxylation is 2. The van der Waals surface area contributed by atoms with E-state index < -0.39 is 0 Å². The molecule has 0 unspecified atom stereocenters. The van der Waals surface area contributed by atoms with Crippen molar-refractivity contribution in [1.82, 2.24) is 30.2 Å². The minimum absolute atomic E-state index is 0.259. The first-order valence-corrected chi connectivity index (χ1v) is 9.53. The Hall–Kier alpha value is -2.88. The molecule has 0 fully saturated rings. The maximum Gasteiger partial charge on any atom is 0.319 e. The third-order valence-corrected chi connectivity index (χ3v) is 4.72. The third-order valence-electron chi connectivity index (χ3n) is 3.75. The number of thioether (sulfide) groups is 1. The van der Waals surface area contributed by atoms with Gasteiger partial charge in [-0.3, -0.25) is 0 Å². The van der Waals surface area contributed by atoms with Crippen molar-refractivity contribution in [3.8, 4) is 11.5 Å². The fourth-order valence-electron chi connectivity index (χ4n) is 2.43. The fraction of sp³-hybridized carbons (Fsp3) is 0.353. The van der Waals surface area contributed by atoms with Gasteiger partial charge in [-0.15, -0.1) is 10.2 Å². The number of carbonyl (C=O) groups is 1. The molecular formula is C17H21N7O2S. The molecule has 27 heavy (non-hydrogen) atoms. The number of carbonyl (C=O) groups excluding carboxylic acids is 1. The zero-order valence-electron chi connectivity index (χ0n) is 15.4. The second kappa shape index (κ2) is 8.67. The van der Waals surface area contributed by atoms with Crippen LogP contribution in [-0.2, 0) is 6.54 Å². The largest absolute Gasteiger partial charge is 0.337 e. The van der Waals surface area contributed by atoms with Gasteiger partial charge in [-0.05, 0) is 45.0 Å². The molecule has 3 rings (SSSR count). The van der Waals surface area contributed by atoms with Gasteiger partial charge in [0.2, 0.25) is 0 Å². The maximum atomic E-state index is 12.0. The molecule has 0 spiro atoms. The number of hydrogen-bond acceptors (Lipinski definition) is 7. The van der Waals surface area contributed by atoms with Gasteiger partial charge in [0.05, 0.1) is 0 Å². The summed E-state index contributed by atoms with van der Waals surface area (Å²) in [6, 6.07) is 6.95. The Morgan fingerprint density at radius 2 is 2.00 bits per heavy atom. The average Bonchev–Trinajstić information content (AvgIpc) is 3.25. The molecule has 2 N–H and O–H groups in total. The smallest absolute Gasteiger partial charge is 0.319 e. The van der Waals surface area contributed by atoms with Crippen LogP contribution < -0.4 is 10.6 Å². The highest BCUT2D eigenvalue weighted by molar-refractivity contribution is 7.99. The predicted octanol–water partition coefficient (Wildman–Crippen LogP) is 2.88. The van der Waals surface area contributed by atoms with Crippen LogP contribution in [0.2, 0.25) is 0 Å². The number of amides is 2. The summed E-state index contributed by atoms with van der Waals surface area (Å²) in [5.74, 6) is 2.64. The van der Waals surface area contributed by atoms with Crippen molar-refractivity contribution in [3.05, 3.63) is 35.9 Å². The Labute approximate surface area is 160 Å². The van der Waals surface area contributed by atoms with Crippen LogP contribution in [0, 0.1) is 13.8 Å². The minimum Gasteiger partial charge on any atom is -0.337 e. The molecule has 0 bridgehead atoms. The Morgan fingerprint density at radius 3 is 2.67 bits per heavy atom. The summed E-state index contributed by atoms with van der Waals surface area (Å²) in [7, 11) is 0. The molecule has 3 aromatic rings. The van der Waals surface area contributed by atoms with E-state index in [1.165, 1.54) is 0 Å². The lowest BCUT2D eigenvalue weighted by Crippen LogP contribution is -2.30. The number of anilines is 1. The van der Waals surface area contributed by atoms with Crippen LogP contribution in [0.3, 0.4) is 0 Å². The van der Waals surface area contributed by atoms with E-state index in [1.807, 2.05) is 23.6 Å². The van der Waals surface area contributed by atoms with Gasteiger partial charge in [0.25, 0.3) is 5.89 Å². The van der Waals surface area contributed by atoms with Crippen LogP contribution in [0.1, 0.15) is 18.6 Å². The highest BCUT2D eigenvalue weighted by atomic mass is 32.2. The van der Waals surface area contributed by atoms with E-state index in [0.717, 1.165) is 23.1 Å². The number of benzene rings is 1. The summed E-state index contributed by atoms with van der Waals surface area (Å²) < 4.78 is 7.16. The van der Waals surface area contributed by atoms with Crippen molar-refractivity contribution in [2.24, 2.45) is 0 Å². The monoisotopic (exact) mass is 387 g/mol. The Bertz CT molecular complexity index is 904. The Kier molecular flexibility index (Phi) is 6.07. The van der Waals surface area contributed by atoms with E-state index in [0.29, 0.717) is 29.7 Å². The van der Waals surface area contributed by atoms with Gasteiger partial charge >= 0.3 is 6.03 Å². The fourth-order valence-corrected chi connectivity index (χ4v) is 3.33. The van der Waals surface area contributed by atoms with Crippen LogP contribution in [0.4, 0.5) is 10.5 Å². The SMILES string of the molecule is CCn1c(C)nnc1SCCNC(=O)Nc1ccc(-c2nc(C)no2)cc1. The van der Waals surface area contributed by atoms with Gasteiger partial charge in [-0.25, -0.2) is 4.79 Å². The molecule has 2 aromatic heterocycles. The molecule has 0 radical (unpaired) electrons. The molecular weight excluding hydrogens is 366 g/mol. The maximum absolute atomic E-state index is 12.0. The molecule has 0 atom stereocenters. The quantitative estimate of drug-likeness (QED) is 0.474. The summed E-state index contributed by atoms with van der Waals surface area (Å²) in [4.78, 5) is 16.2. The Balaban J connectivity index is 1.44. The van der Waals surface area contributed by atoms with Crippen molar-refractivity contribution in [1.29, 1.82) is 0 Å². The molecule has 0 aliphatic carbocycles. The zero-order valence-corrected chi connectivity index (χ0v) is 16.2. The van der Waals surface area contributed by atoms with Crippen molar-refractivity contribution < 1.29 is 9.32 Å². The van der Waals surface area contributed by atoms with E-state index >= 15 is 0 Å². The highest BCUT2D eigenvalue weighted by Crippen LogP contribution is 2.19. The topological polar surface area (TPSA) is 111 Å². The van der Waals surface area contributed by atoms with E-state index in [9.17, 15) is 4.79 Å². The van der Waals surface area contributed by atoms with Crippen molar-refractivity contribution in [2.75, 3.05) is 17.6 Å². The van der Waals surface area contributed by atoms with E-state index in [-0.39, 0.29) is 6.03 Å². The number of aromatic nitrogens is 5. The summed E-state index contributed by atoms with van der Waals surface area (Å²) in [6.07, 6.45) is 0. The molecule has 0 saturated heterocycles. The van der Waals surface area contributed by atoms with Crippen LogP contribution in [0.15, 0.2) is 33.9 Å². The second-order valence-corrected chi connectivity index (χ2v) is 6.79. The first-order valence-electron chi connectivity index (χ1n) is 8.55. The van der Waals surface area contributed by atoms with E-state index in [4.69, 9.17) is 4.52 Å². The molecule has 1 aromatic carbocycles. The summed E-state index contributed by atoms with van der Waals surface area (Å²) >= 11 is 1.57. The van der Waals surface area contributed by atoms with Crippen molar-refractivity contribution in [3.63, 3.8) is 0 Å². The lowest BCUT2D eigenvalue weighted by Gasteiger charge is -2.08. The van der Waals surface area contributed by atoms with Gasteiger partial charge in [0.1, 0.15) is 5.82 Å². The van der Waals surface area contributed by atoms with Crippen LogP contribution >= 0.6 is 11.8 Å². The van der Waals surface area contributed by atoms with Crippen LogP contribution in [0.5, 0.6) is 0 Å². The second-order valence-electron chi connectivity index (χ2n) is 5.73. The van der Waals surface area contributed by atoms with Gasteiger partial charge in [0, 0.05) is 30.1 Å². The van der Waals surface area contributed by atoms with E-state index in [2.05, 4.69) is 37.9 Å². The Morgan fingerprint density at radius 1 is 1.22 bits per heavy atom. The normalized spacial score (nSPS) is 10.8. The molecule has 0 aliphatic heterocycles. The number of urea groups is 1. The summed E-state index contributed by atoms with van der Waals surface area (Å²) in [5, 5.41) is 18.4. The molecule has 0 saturated carbocycles. The highest BCUT2D eigenvalue weighted by Gasteiger charge is 2.09. The lowest BCUT2D eigenvalue weighted by atomic mass is 10.2. The van der Waals surface area contributed by atoms with E-state index in [1.54, 1.807) is 30.8 Å². The van der Waals surface area contributed by atoms with Gasteiger partial charge < -0.3 is 19.7 Å². The van der Waals surface area contributed by atoms with Crippen molar-refractivity contribution in [2.45, 2.75) is 32.5 Å². The zero-order chi connectivity index (χ0) is 19.2. The standard InChI is InChI=1S/C17H21N7O2S/c1-4-24-12(3)21-22-17(24)27-10-9-18-16(25)20-14-7-5-13(6-8-14)15-19-11(2)23-26-15/h5-8H,4,9-10H2,1-3H3,(H2,18,20,25). The van der Waals surface area contributed by atoms with Gasteiger partial charge in [0.15, 0.2) is 11.0 Å². The lowest BCUT2D eigenvalue weighted by molar-refractivity contribution is 0.252. The number of nitrogens with one attached hydrogen (secondary N) is 2. The molecule has 0 aliphatic rings. The van der Waals surface area contributed by atoms with Crippen LogP contribution in [-0.4, -0.2) is 43.2 Å². The van der Waals surface area contributed by atoms with Crippen molar-refractivity contribution >= 4 is 23.5 Å². The first kappa shape index (κ1) is 18.9. The molecule has 142 valence electrons. The summed E-state index contributed by atoms with van der Waals surface area (Å²) in [5.41, 5.74) is 1.48. The number of rotatable bonds is 7. The van der Waals surface area contributed by atoms with Gasteiger partial charge in [-0.2, -0.15) is 4.98 Å². The summed E-state index contributed by atoms with van der Waals surface area (Å²) in [6.45, 7) is 7.09. The molecule has 2 heterocycles. The molecule has 10 heteroatoms. The molecule has 2 amide bonds. The first-order chi connectivity index (χ1) is 13.1. The predicted molar refractivity (Wildman–Crippen MR) is 103 cm³/mol.